The van der Waals surface area contributed by atoms with Gasteiger partial charge in [0.1, 0.15) is 17.3 Å². The summed E-state index contributed by atoms with van der Waals surface area (Å²) >= 11 is 0. The van der Waals surface area contributed by atoms with E-state index in [9.17, 15) is 4.79 Å². The van der Waals surface area contributed by atoms with E-state index in [2.05, 4.69) is 0 Å². The Balaban J connectivity index is 2.29. The Hall–Kier alpha value is -1.07. The maximum Gasteiger partial charge on any atom is 0.272 e. The van der Waals surface area contributed by atoms with Crippen molar-refractivity contribution < 1.29 is 23.7 Å². The number of allylic oxidation sites excluding steroid dienone is 2. The first-order valence-corrected chi connectivity index (χ1v) is 6.56. The fourth-order valence-electron chi connectivity index (χ4n) is 2.55. The second-order valence-electron chi connectivity index (χ2n) is 5.40. The number of ketones is 1. The van der Waals surface area contributed by atoms with Gasteiger partial charge in [0.25, 0.3) is 11.6 Å². The highest BCUT2D eigenvalue weighted by atomic mass is 16.8. The van der Waals surface area contributed by atoms with Crippen LogP contribution in [0.15, 0.2) is 11.5 Å². The summed E-state index contributed by atoms with van der Waals surface area (Å²) < 4.78 is 22.8. The van der Waals surface area contributed by atoms with Crippen LogP contribution in [0.3, 0.4) is 0 Å². The van der Waals surface area contributed by atoms with E-state index < -0.39 is 11.6 Å². The molecule has 0 radical (unpaired) electrons. The zero-order chi connectivity index (χ0) is 14.3. The summed E-state index contributed by atoms with van der Waals surface area (Å²) in [5.74, 6) is -0.338. The summed E-state index contributed by atoms with van der Waals surface area (Å²) in [5.41, 5.74) is 0. The number of carbonyl (C=O) groups is 1. The van der Waals surface area contributed by atoms with Crippen molar-refractivity contribution in [3.63, 3.8) is 0 Å². The molecule has 2 aliphatic rings. The molecule has 19 heavy (non-hydrogen) atoms. The van der Waals surface area contributed by atoms with Gasteiger partial charge in [-0.15, -0.1) is 0 Å². The van der Waals surface area contributed by atoms with Gasteiger partial charge in [0, 0.05) is 46.8 Å². The van der Waals surface area contributed by atoms with Crippen LogP contribution in [0, 0.1) is 5.92 Å². The van der Waals surface area contributed by atoms with Crippen LogP contribution in [0.5, 0.6) is 0 Å². The first kappa shape index (κ1) is 14.3. The van der Waals surface area contributed by atoms with Crippen molar-refractivity contribution in [2.24, 2.45) is 5.92 Å². The highest BCUT2D eigenvalue weighted by molar-refractivity contribution is 5.78. The van der Waals surface area contributed by atoms with Gasteiger partial charge in [-0.3, -0.25) is 4.79 Å². The minimum atomic E-state index is -1.03. The van der Waals surface area contributed by atoms with Gasteiger partial charge < -0.3 is 18.9 Å². The van der Waals surface area contributed by atoms with Gasteiger partial charge in [-0.25, -0.2) is 0 Å². The van der Waals surface area contributed by atoms with Crippen LogP contribution in [0.2, 0.25) is 0 Å². The van der Waals surface area contributed by atoms with E-state index in [-0.39, 0.29) is 11.7 Å². The van der Waals surface area contributed by atoms with Crippen molar-refractivity contribution >= 4 is 5.78 Å². The summed E-state index contributed by atoms with van der Waals surface area (Å²) in [4.78, 5) is 11.5. The molecule has 0 spiro atoms. The van der Waals surface area contributed by atoms with Crippen LogP contribution in [0.4, 0.5) is 0 Å². The smallest absolute Gasteiger partial charge is 0.272 e. The molecule has 0 aromatic rings. The summed E-state index contributed by atoms with van der Waals surface area (Å²) in [6.07, 6.45) is 2.06. The predicted molar refractivity (Wildman–Crippen MR) is 68.0 cm³/mol. The van der Waals surface area contributed by atoms with Crippen molar-refractivity contribution in [3.05, 3.63) is 11.5 Å². The van der Waals surface area contributed by atoms with E-state index in [1.807, 2.05) is 0 Å². The van der Waals surface area contributed by atoms with Crippen LogP contribution in [-0.4, -0.2) is 31.6 Å². The Bertz CT molecular complexity index is 416. The Morgan fingerprint density at radius 3 is 2.16 bits per heavy atom. The minimum absolute atomic E-state index is 0.00959. The van der Waals surface area contributed by atoms with E-state index in [1.165, 1.54) is 0 Å². The molecule has 0 bridgehead atoms. The molecule has 108 valence electrons. The molecule has 0 aromatic carbocycles. The minimum Gasteiger partial charge on any atom is -0.456 e. The standard InChI is InChI=1S/C14H22O5/c1-9(15)10-6-7-11-12(8-10)19-14(3,17-5)13(2,16-4)18-11/h10H,6-8H2,1-5H3/t10-,13+,14+/m0/s1. The molecule has 0 saturated carbocycles. The third kappa shape index (κ3) is 2.25. The Kier molecular flexibility index (Phi) is 3.62. The van der Waals surface area contributed by atoms with Gasteiger partial charge in [-0.2, -0.15) is 0 Å². The third-order valence-electron chi connectivity index (χ3n) is 4.28. The zero-order valence-corrected chi connectivity index (χ0v) is 12.2. The molecule has 0 amide bonds. The summed E-state index contributed by atoms with van der Waals surface area (Å²) in [6, 6.07) is 0. The van der Waals surface area contributed by atoms with Crippen LogP contribution in [0.25, 0.3) is 0 Å². The molecule has 0 fully saturated rings. The highest BCUT2D eigenvalue weighted by Crippen LogP contribution is 2.45. The van der Waals surface area contributed by atoms with E-state index in [0.717, 1.165) is 12.2 Å². The molecular formula is C14H22O5. The first-order chi connectivity index (χ1) is 8.85. The lowest BCUT2D eigenvalue weighted by molar-refractivity contribution is -0.384. The van der Waals surface area contributed by atoms with Crippen molar-refractivity contribution in [1.29, 1.82) is 0 Å². The Morgan fingerprint density at radius 1 is 1.16 bits per heavy atom. The fourth-order valence-corrected chi connectivity index (χ4v) is 2.55. The Labute approximate surface area is 113 Å². The molecule has 0 saturated heterocycles. The van der Waals surface area contributed by atoms with Gasteiger partial charge in [-0.1, -0.05) is 0 Å². The maximum atomic E-state index is 11.5. The lowest BCUT2D eigenvalue weighted by Gasteiger charge is -2.48. The number of ether oxygens (including phenoxy) is 4. The molecular weight excluding hydrogens is 248 g/mol. The molecule has 0 N–H and O–H groups in total. The monoisotopic (exact) mass is 270 g/mol. The summed E-state index contributed by atoms with van der Waals surface area (Å²) in [6.45, 7) is 5.18. The quantitative estimate of drug-likeness (QED) is 0.788. The van der Waals surface area contributed by atoms with E-state index in [0.29, 0.717) is 18.6 Å². The van der Waals surface area contributed by atoms with Crippen LogP contribution in [-0.2, 0) is 23.7 Å². The third-order valence-corrected chi connectivity index (χ3v) is 4.28. The molecule has 3 atom stereocenters. The second kappa shape index (κ2) is 4.80. The van der Waals surface area contributed by atoms with E-state index in [1.54, 1.807) is 35.0 Å². The number of carbonyl (C=O) groups excluding carboxylic acids is 1. The normalized spacial score (nSPS) is 38.3. The van der Waals surface area contributed by atoms with Crippen LogP contribution in [0.1, 0.15) is 40.0 Å². The first-order valence-electron chi connectivity index (χ1n) is 6.56. The average Bonchev–Trinajstić information content (AvgIpc) is 2.39. The van der Waals surface area contributed by atoms with Crippen LogP contribution < -0.4 is 0 Å². The maximum absolute atomic E-state index is 11.5. The van der Waals surface area contributed by atoms with Crippen molar-refractivity contribution in [2.75, 3.05) is 14.2 Å². The number of rotatable bonds is 3. The molecule has 5 nitrogen and oxygen atoms in total. The average molecular weight is 270 g/mol. The highest BCUT2D eigenvalue weighted by Gasteiger charge is 2.55. The summed E-state index contributed by atoms with van der Waals surface area (Å²) in [5, 5.41) is 0. The molecule has 1 aliphatic heterocycles. The second-order valence-corrected chi connectivity index (χ2v) is 5.40. The lowest BCUT2D eigenvalue weighted by Crippen LogP contribution is -2.58. The zero-order valence-electron chi connectivity index (χ0n) is 12.2. The molecule has 1 heterocycles. The van der Waals surface area contributed by atoms with Gasteiger partial charge >= 0.3 is 0 Å². The molecule has 0 aromatic heterocycles. The van der Waals surface area contributed by atoms with Gasteiger partial charge in [0.05, 0.1) is 0 Å². The fraction of sp³-hybridized carbons (Fsp3) is 0.786. The van der Waals surface area contributed by atoms with E-state index in [4.69, 9.17) is 18.9 Å². The van der Waals surface area contributed by atoms with Gasteiger partial charge in [0.15, 0.2) is 0 Å². The molecule has 5 heteroatoms. The molecule has 1 aliphatic carbocycles. The molecule has 2 rings (SSSR count). The Morgan fingerprint density at radius 2 is 1.68 bits per heavy atom. The number of hydrogen-bond donors (Lipinski definition) is 0. The molecule has 0 unspecified atom stereocenters. The predicted octanol–water partition coefficient (Wildman–Crippen LogP) is 2.36. The van der Waals surface area contributed by atoms with E-state index >= 15 is 0 Å². The number of Topliss-reactive ketones (excluding diaryl/α,β-unsaturated/α-hetero) is 1. The number of hydrogen-bond acceptors (Lipinski definition) is 5. The van der Waals surface area contributed by atoms with Gasteiger partial charge in [-0.05, 0) is 13.3 Å². The summed E-state index contributed by atoms with van der Waals surface area (Å²) in [7, 11) is 3.12. The van der Waals surface area contributed by atoms with Crippen molar-refractivity contribution in [2.45, 2.75) is 51.6 Å². The topological polar surface area (TPSA) is 54.0 Å². The van der Waals surface area contributed by atoms with Gasteiger partial charge in [0.2, 0.25) is 0 Å². The lowest BCUT2D eigenvalue weighted by atomic mass is 9.88. The van der Waals surface area contributed by atoms with Crippen molar-refractivity contribution in [1.82, 2.24) is 0 Å². The van der Waals surface area contributed by atoms with Crippen molar-refractivity contribution in [3.8, 4) is 0 Å². The van der Waals surface area contributed by atoms with Crippen LogP contribution >= 0.6 is 0 Å². The largest absolute Gasteiger partial charge is 0.456 e. The SMILES string of the molecule is CO[C@]1(C)OC2=C(C[C@@H](C(C)=O)CC2)O[C@@]1(C)OC. The number of methoxy groups -OCH3 is 2.